The standard InChI is InChI=1S/C33H41Cl2N5O6/c1-7-10-15-36-21-30(42)38-31-25(34)17-22(18-26(31)35)19-28(40(32(43)44)33(4,5)6)37-29(41)20-27(39-46-9-3)23-11-13-24(14-12-23)45-16-8-2/h7-8,11-14,17-18,20,36,39H,1-2,9-10,15-16,19,21H2,3-6H3,(H,38,42)(H,43,44). The zero-order chi connectivity index (χ0) is 34.3. The molecule has 0 aromatic heterocycles. The van der Waals surface area contributed by atoms with Gasteiger partial charge in [-0.2, -0.15) is 4.99 Å². The predicted octanol–water partition coefficient (Wildman–Crippen LogP) is 6.49. The molecule has 0 saturated carbocycles. The molecule has 2 rings (SSSR count). The smallest absolute Gasteiger partial charge is 0.413 e. The lowest BCUT2D eigenvalue weighted by Crippen LogP contribution is -2.49. The van der Waals surface area contributed by atoms with E-state index in [-0.39, 0.29) is 40.4 Å². The van der Waals surface area contributed by atoms with Gasteiger partial charge >= 0.3 is 6.09 Å². The van der Waals surface area contributed by atoms with Gasteiger partial charge in [-0.1, -0.05) is 41.9 Å². The van der Waals surface area contributed by atoms with Gasteiger partial charge in [-0.05, 0) is 82.6 Å². The molecule has 0 unspecified atom stereocenters. The number of carboxylic acid groups (broad SMARTS) is 1. The number of amidine groups is 1. The molecule has 0 bridgehead atoms. The highest BCUT2D eigenvalue weighted by Gasteiger charge is 2.31. The van der Waals surface area contributed by atoms with E-state index in [9.17, 15) is 19.5 Å². The topological polar surface area (TPSA) is 142 Å². The molecule has 13 heteroatoms. The van der Waals surface area contributed by atoms with Gasteiger partial charge in [0.05, 0.1) is 34.6 Å². The van der Waals surface area contributed by atoms with Crippen LogP contribution >= 0.6 is 23.2 Å². The third-order valence-electron chi connectivity index (χ3n) is 6.03. The first kappa shape index (κ1) is 38.0. The maximum atomic E-state index is 13.4. The Hall–Kier alpha value is -4.16. The summed E-state index contributed by atoms with van der Waals surface area (Å²) in [5.74, 6) is -0.554. The average molecular weight is 675 g/mol. The summed E-state index contributed by atoms with van der Waals surface area (Å²) in [5.41, 5.74) is 3.35. The number of aliphatic imine (C=N–C) groups is 1. The van der Waals surface area contributed by atoms with Crippen LogP contribution in [0.2, 0.25) is 10.0 Å². The summed E-state index contributed by atoms with van der Waals surface area (Å²) in [7, 11) is 0. The zero-order valence-electron chi connectivity index (χ0n) is 26.5. The maximum Gasteiger partial charge on any atom is 0.413 e. The molecule has 0 saturated heterocycles. The van der Waals surface area contributed by atoms with E-state index in [4.69, 9.17) is 32.8 Å². The largest absolute Gasteiger partial charge is 0.490 e. The normalized spacial score (nSPS) is 11.9. The SMILES string of the molecule is C=CCCNCC(=O)Nc1c(Cl)cc(CC(=NC(=O)C=C(NOCC)c2ccc(OCC=C)cc2)N(C(=O)O)C(C)(C)C)cc1Cl. The molecule has 0 aliphatic carbocycles. The fraction of sp³-hybridized carbons (Fsp3) is 0.333. The Morgan fingerprint density at radius 2 is 1.72 bits per heavy atom. The van der Waals surface area contributed by atoms with Gasteiger partial charge in [-0.3, -0.25) is 24.8 Å². The summed E-state index contributed by atoms with van der Waals surface area (Å²) in [6, 6.07) is 9.98. The average Bonchev–Trinajstić information content (AvgIpc) is 2.97. The first-order valence-electron chi connectivity index (χ1n) is 14.5. The summed E-state index contributed by atoms with van der Waals surface area (Å²) < 4.78 is 5.52. The van der Waals surface area contributed by atoms with Gasteiger partial charge < -0.3 is 20.5 Å². The molecule has 0 fully saturated rings. The Balaban J connectivity index is 2.47. The second kappa shape index (κ2) is 18.7. The molecule has 0 spiro atoms. The van der Waals surface area contributed by atoms with E-state index >= 15 is 0 Å². The Morgan fingerprint density at radius 1 is 1.07 bits per heavy atom. The van der Waals surface area contributed by atoms with Crippen LogP contribution in [-0.4, -0.2) is 65.6 Å². The lowest BCUT2D eigenvalue weighted by Gasteiger charge is -2.33. The summed E-state index contributed by atoms with van der Waals surface area (Å²) in [5, 5.41) is 16.1. The van der Waals surface area contributed by atoms with Crippen molar-refractivity contribution in [3.05, 3.63) is 89.0 Å². The van der Waals surface area contributed by atoms with Crippen LogP contribution in [0.5, 0.6) is 5.75 Å². The van der Waals surface area contributed by atoms with Crippen molar-refractivity contribution in [2.75, 3.05) is 31.6 Å². The van der Waals surface area contributed by atoms with E-state index in [1.165, 1.54) is 18.2 Å². The second-order valence-corrected chi connectivity index (χ2v) is 11.6. The second-order valence-electron chi connectivity index (χ2n) is 10.8. The third-order valence-corrected chi connectivity index (χ3v) is 6.62. The molecule has 46 heavy (non-hydrogen) atoms. The number of nitrogens with zero attached hydrogens (tertiary/aromatic N) is 2. The number of benzene rings is 2. The van der Waals surface area contributed by atoms with E-state index in [0.29, 0.717) is 48.8 Å². The minimum atomic E-state index is -1.31. The molecule has 0 aliphatic rings. The Labute approximate surface area is 279 Å². The fourth-order valence-corrected chi connectivity index (χ4v) is 4.69. The number of carbonyl (C=O) groups excluding carboxylic acids is 2. The van der Waals surface area contributed by atoms with Gasteiger partial charge in [0.2, 0.25) is 5.91 Å². The van der Waals surface area contributed by atoms with Crippen LogP contribution < -0.4 is 20.9 Å². The Kier molecular flexibility index (Phi) is 15.5. The van der Waals surface area contributed by atoms with E-state index in [1.54, 1.807) is 64.1 Å². The Bertz CT molecular complexity index is 1430. The number of nitrogens with one attached hydrogen (secondary N) is 3. The first-order chi connectivity index (χ1) is 21.8. The van der Waals surface area contributed by atoms with Crippen molar-refractivity contribution in [2.24, 2.45) is 4.99 Å². The molecule has 3 amide bonds. The molecule has 4 N–H and O–H groups in total. The monoisotopic (exact) mass is 673 g/mol. The number of hydroxylamine groups is 1. The van der Waals surface area contributed by atoms with E-state index in [0.717, 1.165) is 4.90 Å². The number of carbonyl (C=O) groups is 3. The molecule has 0 atom stereocenters. The van der Waals surface area contributed by atoms with Crippen LogP contribution in [-0.2, 0) is 20.8 Å². The van der Waals surface area contributed by atoms with Crippen molar-refractivity contribution in [2.45, 2.75) is 46.1 Å². The molecule has 2 aromatic rings. The van der Waals surface area contributed by atoms with Crippen molar-refractivity contribution < 1.29 is 29.1 Å². The molecule has 0 heterocycles. The third kappa shape index (κ3) is 12.3. The van der Waals surface area contributed by atoms with Gasteiger partial charge in [-0.25, -0.2) is 4.79 Å². The van der Waals surface area contributed by atoms with Crippen LogP contribution in [0, 0.1) is 0 Å². The summed E-state index contributed by atoms with van der Waals surface area (Å²) in [6.07, 6.45) is 3.85. The van der Waals surface area contributed by atoms with Crippen LogP contribution in [0.25, 0.3) is 5.70 Å². The zero-order valence-corrected chi connectivity index (χ0v) is 28.0. The van der Waals surface area contributed by atoms with Crippen molar-refractivity contribution in [1.82, 2.24) is 15.7 Å². The van der Waals surface area contributed by atoms with Crippen molar-refractivity contribution in [3.63, 3.8) is 0 Å². The van der Waals surface area contributed by atoms with Crippen LogP contribution in [0.3, 0.4) is 0 Å². The molecule has 248 valence electrons. The van der Waals surface area contributed by atoms with Crippen LogP contribution in [0.15, 0.2) is 72.8 Å². The molecule has 11 nitrogen and oxygen atoms in total. The fourth-order valence-electron chi connectivity index (χ4n) is 4.06. The summed E-state index contributed by atoms with van der Waals surface area (Å²) in [4.78, 5) is 48.8. The van der Waals surface area contributed by atoms with Gasteiger partial charge in [-0.15, -0.1) is 6.58 Å². The molecular weight excluding hydrogens is 633 g/mol. The lowest BCUT2D eigenvalue weighted by atomic mass is 10.0. The van der Waals surface area contributed by atoms with Gasteiger partial charge in [0.25, 0.3) is 5.91 Å². The van der Waals surface area contributed by atoms with E-state index < -0.39 is 17.5 Å². The number of rotatable bonds is 16. The molecular formula is C33H41Cl2N5O6. The van der Waals surface area contributed by atoms with Crippen molar-refractivity contribution >= 4 is 58.3 Å². The summed E-state index contributed by atoms with van der Waals surface area (Å²) in [6.45, 7) is 15.3. The Morgan fingerprint density at radius 3 is 2.26 bits per heavy atom. The number of amides is 3. The highest BCUT2D eigenvalue weighted by Crippen LogP contribution is 2.32. The highest BCUT2D eigenvalue weighted by molar-refractivity contribution is 6.40. The van der Waals surface area contributed by atoms with Crippen molar-refractivity contribution in [3.8, 4) is 5.75 Å². The van der Waals surface area contributed by atoms with E-state index in [2.05, 4.69) is 34.3 Å². The number of ether oxygens (including phenoxy) is 1. The van der Waals surface area contributed by atoms with Gasteiger partial charge in [0.15, 0.2) is 0 Å². The predicted molar refractivity (Wildman–Crippen MR) is 183 cm³/mol. The summed E-state index contributed by atoms with van der Waals surface area (Å²) >= 11 is 13.0. The minimum absolute atomic E-state index is 0.0429. The number of halogens is 2. The first-order valence-corrected chi connectivity index (χ1v) is 15.2. The minimum Gasteiger partial charge on any atom is -0.490 e. The highest BCUT2D eigenvalue weighted by atomic mass is 35.5. The number of hydrogen-bond donors (Lipinski definition) is 4. The van der Waals surface area contributed by atoms with Crippen molar-refractivity contribution in [1.29, 1.82) is 0 Å². The number of hydrogen-bond acceptors (Lipinski definition) is 7. The van der Waals surface area contributed by atoms with Crippen LogP contribution in [0.1, 0.15) is 45.2 Å². The quantitative estimate of drug-likeness (QED) is 0.0396. The van der Waals surface area contributed by atoms with Crippen LogP contribution in [0.4, 0.5) is 10.5 Å². The molecule has 2 aromatic carbocycles. The molecule has 0 radical (unpaired) electrons. The maximum absolute atomic E-state index is 13.4. The van der Waals surface area contributed by atoms with E-state index in [1.807, 2.05) is 0 Å². The van der Waals surface area contributed by atoms with Gasteiger partial charge in [0, 0.05) is 23.6 Å². The molecule has 0 aliphatic heterocycles. The van der Waals surface area contributed by atoms with Gasteiger partial charge in [0.1, 0.15) is 18.2 Å². The lowest BCUT2D eigenvalue weighted by molar-refractivity contribution is -0.115. The number of anilines is 1.